The molecule has 0 amide bonds. The number of hydrazine groups is 1. The third-order valence-electron chi connectivity index (χ3n) is 7.41. The Morgan fingerprint density at radius 2 is 1.79 bits per heavy atom. The fourth-order valence-corrected chi connectivity index (χ4v) is 5.40. The molecule has 0 radical (unpaired) electrons. The van der Waals surface area contributed by atoms with Crippen molar-refractivity contribution in [2.75, 3.05) is 36.6 Å². The maximum atomic E-state index is 13.5. The van der Waals surface area contributed by atoms with E-state index in [4.69, 9.17) is 0 Å². The first-order valence-corrected chi connectivity index (χ1v) is 11.4. The lowest BCUT2D eigenvalue weighted by Gasteiger charge is -2.52. The summed E-state index contributed by atoms with van der Waals surface area (Å²) < 4.78 is 15.2. The van der Waals surface area contributed by atoms with Gasteiger partial charge in [-0.2, -0.15) is 5.26 Å². The maximum Gasteiger partial charge on any atom is 0.252 e. The van der Waals surface area contributed by atoms with Gasteiger partial charge in [-0.05, 0) is 45.4 Å². The lowest BCUT2D eigenvalue weighted by atomic mass is 9.88. The van der Waals surface area contributed by atoms with Crippen LogP contribution in [-0.2, 0) is 19.1 Å². The molecule has 0 unspecified atom stereocenters. The Morgan fingerprint density at radius 3 is 2.42 bits per heavy atom. The molecule has 8 heteroatoms. The third-order valence-corrected chi connectivity index (χ3v) is 7.41. The van der Waals surface area contributed by atoms with Crippen molar-refractivity contribution in [3.63, 3.8) is 0 Å². The molecule has 7 nitrogen and oxygen atoms in total. The van der Waals surface area contributed by atoms with Gasteiger partial charge in [0.2, 0.25) is 0 Å². The summed E-state index contributed by atoms with van der Waals surface area (Å²) in [5.74, 6) is -0.227. The van der Waals surface area contributed by atoms with Crippen molar-refractivity contribution < 1.29 is 4.39 Å². The van der Waals surface area contributed by atoms with E-state index < -0.39 is 0 Å². The van der Waals surface area contributed by atoms with E-state index in [1.807, 2.05) is 29.2 Å². The molecule has 2 atom stereocenters. The van der Waals surface area contributed by atoms with Gasteiger partial charge in [0.15, 0.2) is 0 Å². The van der Waals surface area contributed by atoms with Crippen LogP contribution < -0.4 is 15.5 Å². The smallest absolute Gasteiger partial charge is 0.252 e. The minimum absolute atomic E-state index is 0.0371. The fraction of sp³-hybridized carbons (Fsp3) is 0.520. The highest BCUT2D eigenvalue weighted by molar-refractivity contribution is 5.75. The summed E-state index contributed by atoms with van der Waals surface area (Å²) in [6.07, 6.45) is 0. The highest BCUT2D eigenvalue weighted by Crippen LogP contribution is 2.41. The summed E-state index contributed by atoms with van der Waals surface area (Å²) in [4.78, 5) is 17.6. The number of nitriles is 1. The van der Waals surface area contributed by atoms with Crippen LogP contribution in [0.1, 0.15) is 39.0 Å². The van der Waals surface area contributed by atoms with E-state index in [2.05, 4.69) is 43.6 Å². The number of pyridine rings is 1. The zero-order chi connectivity index (χ0) is 24.1. The Bertz CT molecular complexity index is 1140. The molecule has 0 aliphatic carbocycles. The molecule has 1 aromatic heterocycles. The molecule has 1 aromatic carbocycles. The summed E-state index contributed by atoms with van der Waals surface area (Å²) in [6, 6.07) is 11.1. The van der Waals surface area contributed by atoms with Gasteiger partial charge in [0.05, 0.1) is 29.7 Å². The molecule has 2 aromatic rings. The monoisotopic (exact) mass is 452 g/mol. The zero-order valence-corrected chi connectivity index (χ0v) is 20.3. The Labute approximate surface area is 195 Å². The number of aromatic nitrogens is 1. The topological polar surface area (TPSA) is 58.8 Å². The van der Waals surface area contributed by atoms with Crippen LogP contribution in [0.2, 0.25) is 0 Å². The van der Waals surface area contributed by atoms with Crippen LogP contribution in [0.5, 0.6) is 0 Å². The number of hydrogen-bond acceptors (Lipinski definition) is 6. The van der Waals surface area contributed by atoms with Gasteiger partial charge in [-0.15, -0.1) is 0 Å². The minimum Gasteiger partial charge on any atom is -0.364 e. The molecule has 0 N–H and O–H groups in total. The van der Waals surface area contributed by atoms with Crippen molar-refractivity contribution in [1.82, 2.24) is 14.5 Å². The molecule has 2 aliphatic heterocycles. The minimum atomic E-state index is -0.261. The largest absolute Gasteiger partial charge is 0.364 e. The predicted octanol–water partition coefficient (Wildman–Crippen LogP) is 3.05. The van der Waals surface area contributed by atoms with E-state index in [1.165, 1.54) is 12.1 Å². The Balaban J connectivity index is 1.67. The van der Waals surface area contributed by atoms with Crippen molar-refractivity contribution in [1.29, 1.82) is 5.26 Å². The standard InChI is InChI=1S/C25H33FN6O/c1-17-15-32(25(3,4)19-7-9-20(26)10-8-19)18(2)14-31(17)21-13-23(33)28(5)22-16-30(12-11-27)29(6)24(21)22/h7-10,13,17-18H,12,14-16H2,1-6H3/t17-,18+/m0/s1. The summed E-state index contributed by atoms with van der Waals surface area (Å²) in [6.45, 7) is 11.1. The van der Waals surface area contributed by atoms with E-state index in [9.17, 15) is 14.4 Å². The van der Waals surface area contributed by atoms with Gasteiger partial charge in [-0.25, -0.2) is 9.40 Å². The lowest BCUT2D eigenvalue weighted by Crippen LogP contribution is -2.61. The highest BCUT2D eigenvalue weighted by atomic mass is 19.1. The van der Waals surface area contributed by atoms with Gasteiger partial charge in [0, 0.05) is 50.9 Å². The summed E-state index contributed by atoms with van der Waals surface area (Å²) in [5, 5.41) is 13.2. The summed E-state index contributed by atoms with van der Waals surface area (Å²) in [7, 11) is 3.75. The van der Waals surface area contributed by atoms with E-state index in [0.29, 0.717) is 6.54 Å². The Hall–Kier alpha value is -2.89. The van der Waals surface area contributed by atoms with Crippen molar-refractivity contribution in [2.45, 2.75) is 51.9 Å². The molecule has 1 fully saturated rings. The van der Waals surface area contributed by atoms with Crippen LogP contribution in [-0.4, -0.2) is 53.2 Å². The van der Waals surface area contributed by atoms with E-state index >= 15 is 0 Å². The lowest BCUT2D eigenvalue weighted by molar-refractivity contribution is 0.0506. The SMILES string of the molecule is C[C@@H]1CN(c2cc(=O)n(C)c3c2N(C)N(CC#N)C3)[C@@H](C)CN1C(C)(C)c1ccc(F)cc1. The molecule has 0 spiro atoms. The average Bonchev–Trinajstić information content (AvgIpc) is 3.09. The second kappa shape index (κ2) is 8.47. The molecule has 0 bridgehead atoms. The second-order valence-corrected chi connectivity index (χ2v) is 9.80. The van der Waals surface area contributed by atoms with Crippen LogP contribution in [0, 0.1) is 17.1 Å². The molecule has 33 heavy (non-hydrogen) atoms. The van der Waals surface area contributed by atoms with Gasteiger partial charge in [-0.1, -0.05) is 12.1 Å². The van der Waals surface area contributed by atoms with Gasteiger partial charge in [0.25, 0.3) is 5.56 Å². The molecule has 1 saturated heterocycles. The first-order chi connectivity index (χ1) is 15.6. The van der Waals surface area contributed by atoms with Gasteiger partial charge in [0.1, 0.15) is 12.4 Å². The molecule has 3 heterocycles. The molecule has 0 saturated carbocycles. The fourth-order valence-electron chi connectivity index (χ4n) is 5.40. The van der Waals surface area contributed by atoms with E-state index in [-0.39, 0.29) is 35.5 Å². The summed E-state index contributed by atoms with van der Waals surface area (Å²) >= 11 is 0. The zero-order valence-electron chi connectivity index (χ0n) is 20.3. The first kappa shape index (κ1) is 23.3. The first-order valence-electron chi connectivity index (χ1n) is 11.4. The van der Waals surface area contributed by atoms with Gasteiger partial charge in [-0.3, -0.25) is 9.69 Å². The van der Waals surface area contributed by atoms with Crippen LogP contribution >= 0.6 is 0 Å². The predicted molar refractivity (Wildman–Crippen MR) is 129 cm³/mol. The molecular formula is C25H33FN6O. The van der Waals surface area contributed by atoms with Crippen molar-refractivity contribution in [3.8, 4) is 6.07 Å². The molecule has 176 valence electrons. The number of halogens is 1. The molecular weight excluding hydrogens is 419 g/mol. The van der Waals surface area contributed by atoms with Crippen LogP contribution in [0.15, 0.2) is 35.1 Å². The highest BCUT2D eigenvalue weighted by Gasteiger charge is 2.40. The van der Waals surface area contributed by atoms with Gasteiger partial charge < -0.3 is 14.5 Å². The maximum absolute atomic E-state index is 13.5. The summed E-state index contributed by atoms with van der Waals surface area (Å²) in [5.41, 5.74) is 3.64. The van der Waals surface area contributed by atoms with Crippen LogP contribution in [0.3, 0.4) is 0 Å². The number of benzene rings is 1. The number of rotatable bonds is 4. The number of anilines is 2. The normalized spacial score (nSPS) is 21.9. The van der Waals surface area contributed by atoms with Crippen molar-refractivity contribution in [3.05, 3.63) is 57.8 Å². The number of hydrogen-bond donors (Lipinski definition) is 0. The second-order valence-electron chi connectivity index (χ2n) is 9.80. The Morgan fingerprint density at radius 1 is 1.12 bits per heavy atom. The van der Waals surface area contributed by atoms with Crippen molar-refractivity contribution >= 4 is 11.4 Å². The number of piperazine rings is 1. The van der Waals surface area contributed by atoms with Gasteiger partial charge >= 0.3 is 0 Å². The third kappa shape index (κ3) is 3.90. The number of fused-ring (bicyclic) bond motifs is 1. The molecule has 4 rings (SSSR count). The number of nitrogens with zero attached hydrogens (tertiary/aromatic N) is 6. The molecule has 2 aliphatic rings. The van der Waals surface area contributed by atoms with Crippen LogP contribution in [0.4, 0.5) is 15.8 Å². The van der Waals surface area contributed by atoms with Crippen molar-refractivity contribution in [2.24, 2.45) is 7.05 Å². The van der Waals surface area contributed by atoms with E-state index in [1.54, 1.807) is 17.7 Å². The average molecular weight is 453 g/mol. The van der Waals surface area contributed by atoms with E-state index in [0.717, 1.165) is 35.7 Å². The quantitative estimate of drug-likeness (QED) is 0.665. The van der Waals surface area contributed by atoms with Crippen LogP contribution in [0.25, 0.3) is 0 Å². The Kier molecular flexibility index (Phi) is 5.97.